The van der Waals surface area contributed by atoms with E-state index in [1.54, 1.807) is 7.11 Å². The van der Waals surface area contributed by atoms with Crippen molar-refractivity contribution in [2.24, 2.45) is 5.10 Å². The van der Waals surface area contributed by atoms with Crippen molar-refractivity contribution in [2.75, 3.05) is 7.11 Å². The lowest BCUT2D eigenvalue weighted by Crippen LogP contribution is -2.33. The molecule has 2 aliphatic rings. The van der Waals surface area contributed by atoms with Crippen molar-refractivity contribution in [3.8, 4) is 11.5 Å². The number of rotatable bonds is 4. The molecule has 30 heavy (non-hydrogen) atoms. The second kappa shape index (κ2) is 7.80. The van der Waals surface area contributed by atoms with Gasteiger partial charge in [0.25, 0.3) is 0 Å². The quantitative estimate of drug-likeness (QED) is 0.458. The van der Waals surface area contributed by atoms with E-state index in [0.29, 0.717) is 0 Å². The number of benzene rings is 3. The van der Waals surface area contributed by atoms with Gasteiger partial charge in [-0.1, -0.05) is 65.3 Å². The van der Waals surface area contributed by atoms with Gasteiger partial charge < -0.3 is 9.47 Å². The normalized spacial score (nSPS) is 19.6. The van der Waals surface area contributed by atoms with E-state index in [-0.39, 0.29) is 12.3 Å². The van der Waals surface area contributed by atoms with Crippen LogP contribution in [0.1, 0.15) is 47.9 Å². The minimum absolute atomic E-state index is 0.129. The highest BCUT2D eigenvalue weighted by Crippen LogP contribution is 2.49. The van der Waals surface area contributed by atoms with Gasteiger partial charge in [0.15, 0.2) is 0 Å². The minimum Gasteiger partial charge on any atom is -0.496 e. The van der Waals surface area contributed by atoms with Gasteiger partial charge in [-0.25, -0.2) is 5.01 Å². The van der Waals surface area contributed by atoms with Crippen LogP contribution in [-0.4, -0.2) is 17.8 Å². The zero-order chi connectivity index (χ0) is 20.7. The van der Waals surface area contributed by atoms with Crippen molar-refractivity contribution in [3.05, 3.63) is 93.5 Å². The third kappa shape index (κ3) is 3.27. The Labute approximate surface area is 185 Å². The number of aryl methyl sites for hydroxylation is 1. The van der Waals surface area contributed by atoms with E-state index >= 15 is 0 Å². The molecule has 5 rings (SSSR count). The number of ether oxygens (including phenoxy) is 2. The summed E-state index contributed by atoms with van der Waals surface area (Å²) < 4.78 is 13.1. The summed E-state index contributed by atoms with van der Waals surface area (Å²) in [5.41, 5.74) is 5.71. The minimum atomic E-state index is -0.357. The maximum Gasteiger partial charge on any atom is 0.217 e. The first-order valence-electron chi connectivity index (χ1n) is 10.2. The van der Waals surface area contributed by atoms with Crippen LogP contribution in [0, 0.1) is 0 Å². The topological polar surface area (TPSA) is 34.1 Å². The molecule has 2 atom stereocenters. The van der Waals surface area contributed by atoms with Crippen molar-refractivity contribution in [2.45, 2.75) is 32.0 Å². The monoisotopic (exact) mass is 462 g/mol. The highest BCUT2D eigenvalue weighted by Gasteiger charge is 2.41. The van der Waals surface area contributed by atoms with Gasteiger partial charge in [0.1, 0.15) is 11.5 Å². The predicted octanol–water partition coefficient (Wildman–Crippen LogP) is 6.26. The third-order valence-electron chi connectivity index (χ3n) is 5.85. The van der Waals surface area contributed by atoms with Crippen LogP contribution < -0.4 is 9.47 Å². The summed E-state index contributed by atoms with van der Waals surface area (Å²) in [6, 6.07) is 23.1. The van der Waals surface area contributed by atoms with E-state index in [1.807, 2.05) is 24.3 Å². The lowest BCUT2D eigenvalue weighted by atomic mass is 9.95. The number of hydrogen-bond acceptors (Lipinski definition) is 4. The number of fused-ring (bicyclic) bond motifs is 3. The first-order valence-corrected chi connectivity index (χ1v) is 11.0. The Hall–Kier alpha value is -2.79. The number of methoxy groups -OCH3 is 1. The van der Waals surface area contributed by atoms with Crippen molar-refractivity contribution < 1.29 is 9.47 Å². The maximum atomic E-state index is 6.47. The molecule has 0 aromatic heterocycles. The average molecular weight is 463 g/mol. The molecule has 0 N–H and O–H groups in total. The van der Waals surface area contributed by atoms with E-state index < -0.39 is 0 Å². The first-order chi connectivity index (χ1) is 14.7. The van der Waals surface area contributed by atoms with Crippen LogP contribution in [0.25, 0.3) is 0 Å². The maximum absolute atomic E-state index is 6.47. The molecule has 2 heterocycles. The molecule has 3 aromatic carbocycles. The molecule has 0 saturated carbocycles. The van der Waals surface area contributed by atoms with Crippen LogP contribution in [0.5, 0.6) is 11.5 Å². The second-order valence-corrected chi connectivity index (χ2v) is 8.51. The van der Waals surface area contributed by atoms with Crippen molar-refractivity contribution in [1.29, 1.82) is 0 Å². The fraction of sp³-hybridized carbons (Fsp3) is 0.240. The Morgan fingerprint density at radius 3 is 2.63 bits per heavy atom. The molecule has 5 heteroatoms. The lowest BCUT2D eigenvalue weighted by Gasteiger charge is -2.38. The number of hydrazone groups is 1. The molecule has 0 saturated heterocycles. The smallest absolute Gasteiger partial charge is 0.217 e. The van der Waals surface area contributed by atoms with Gasteiger partial charge in [0.2, 0.25) is 6.23 Å². The Morgan fingerprint density at radius 1 is 1.07 bits per heavy atom. The molecule has 0 fully saturated rings. The fourth-order valence-corrected chi connectivity index (χ4v) is 4.62. The number of para-hydroxylation sites is 1. The molecule has 2 aliphatic heterocycles. The van der Waals surface area contributed by atoms with Crippen molar-refractivity contribution in [1.82, 2.24) is 5.01 Å². The molecule has 0 bridgehead atoms. The Bertz CT molecular complexity index is 1110. The van der Waals surface area contributed by atoms with Gasteiger partial charge in [-0.3, -0.25) is 0 Å². The van der Waals surface area contributed by atoms with Crippen LogP contribution >= 0.6 is 15.9 Å². The van der Waals surface area contributed by atoms with E-state index in [0.717, 1.165) is 40.1 Å². The van der Waals surface area contributed by atoms with Gasteiger partial charge in [0.05, 0.1) is 24.4 Å². The van der Waals surface area contributed by atoms with E-state index in [9.17, 15) is 0 Å². The molecular formula is C25H23BrN2O2. The van der Waals surface area contributed by atoms with Crippen molar-refractivity contribution >= 4 is 21.6 Å². The summed E-state index contributed by atoms with van der Waals surface area (Å²) in [5.74, 6) is 1.70. The molecule has 4 nitrogen and oxygen atoms in total. The number of halogens is 1. The Balaban J connectivity index is 1.60. The average Bonchev–Trinajstić information content (AvgIpc) is 3.24. The van der Waals surface area contributed by atoms with E-state index in [4.69, 9.17) is 14.6 Å². The van der Waals surface area contributed by atoms with Crippen LogP contribution in [0.15, 0.2) is 76.3 Å². The lowest BCUT2D eigenvalue weighted by molar-refractivity contribution is -0.0203. The molecule has 0 radical (unpaired) electrons. The molecule has 152 valence electrons. The Morgan fingerprint density at radius 2 is 1.87 bits per heavy atom. The molecule has 0 amide bonds. The van der Waals surface area contributed by atoms with Crippen LogP contribution in [-0.2, 0) is 6.42 Å². The van der Waals surface area contributed by atoms with Crippen LogP contribution in [0.4, 0.5) is 0 Å². The second-order valence-electron chi connectivity index (χ2n) is 7.59. The zero-order valence-electron chi connectivity index (χ0n) is 17.0. The van der Waals surface area contributed by atoms with Gasteiger partial charge in [-0.05, 0) is 41.8 Å². The largest absolute Gasteiger partial charge is 0.496 e. The third-order valence-corrected chi connectivity index (χ3v) is 6.35. The van der Waals surface area contributed by atoms with E-state index in [1.165, 1.54) is 16.7 Å². The van der Waals surface area contributed by atoms with Crippen molar-refractivity contribution in [3.63, 3.8) is 0 Å². The summed E-state index contributed by atoms with van der Waals surface area (Å²) in [6.45, 7) is 2.17. The van der Waals surface area contributed by atoms with Crippen LogP contribution in [0.2, 0.25) is 0 Å². The first kappa shape index (κ1) is 19.2. The van der Waals surface area contributed by atoms with Crippen LogP contribution in [0.3, 0.4) is 0 Å². The predicted molar refractivity (Wildman–Crippen MR) is 122 cm³/mol. The van der Waals surface area contributed by atoms with E-state index in [2.05, 4.69) is 70.3 Å². The Kier molecular flexibility index (Phi) is 4.99. The summed E-state index contributed by atoms with van der Waals surface area (Å²) >= 11 is 3.59. The standard InChI is InChI=1S/C25H23BrN2O2/c1-3-16-8-10-17(11-9-16)21-15-22-19-6-4-5-7-24(19)30-25(28(22)27-21)20-14-18(26)12-13-23(20)29-2/h4-14,22,25H,3,15H2,1-2H3/t22-,25-/m1/s1. The highest BCUT2D eigenvalue weighted by atomic mass is 79.9. The molecule has 0 spiro atoms. The molecule has 0 aliphatic carbocycles. The van der Waals surface area contributed by atoms with Gasteiger partial charge in [-0.2, -0.15) is 5.10 Å². The fourth-order valence-electron chi connectivity index (χ4n) is 4.24. The van der Waals surface area contributed by atoms with Gasteiger partial charge >= 0.3 is 0 Å². The molecular weight excluding hydrogens is 440 g/mol. The number of nitrogens with zero attached hydrogens (tertiary/aromatic N) is 2. The number of hydrogen-bond donors (Lipinski definition) is 0. The summed E-state index contributed by atoms with van der Waals surface area (Å²) in [6.07, 6.45) is 1.52. The molecule has 3 aromatic rings. The van der Waals surface area contributed by atoms with Gasteiger partial charge in [-0.15, -0.1) is 0 Å². The SMILES string of the molecule is CCc1ccc(C2=NN3[C@H](C2)c2ccccc2O[C@@H]3c2cc(Br)ccc2OC)cc1. The summed E-state index contributed by atoms with van der Waals surface area (Å²) in [4.78, 5) is 0. The summed E-state index contributed by atoms with van der Waals surface area (Å²) in [5, 5.41) is 7.14. The zero-order valence-corrected chi connectivity index (χ0v) is 18.6. The molecule has 0 unspecified atom stereocenters. The highest BCUT2D eigenvalue weighted by molar-refractivity contribution is 9.10. The summed E-state index contributed by atoms with van der Waals surface area (Å²) in [7, 11) is 1.69. The van der Waals surface area contributed by atoms with Gasteiger partial charge in [0, 0.05) is 16.5 Å².